The lowest BCUT2D eigenvalue weighted by atomic mass is 10.0. The molecule has 0 aliphatic carbocycles. The molecule has 0 aromatic carbocycles. The first-order valence-electron chi connectivity index (χ1n) is 5.06. The number of hydrogen-bond acceptors (Lipinski definition) is 4. The average Bonchev–Trinajstić information content (AvgIpc) is 2.84. The number of hydrogen-bond donors (Lipinski definition) is 1. The molecule has 0 spiro atoms. The fourth-order valence-corrected chi connectivity index (χ4v) is 2.81. The van der Waals surface area contributed by atoms with Gasteiger partial charge in [-0.2, -0.15) is 0 Å². The maximum atomic E-state index is 5.54. The first kappa shape index (κ1) is 9.12. The van der Waals surface area contributed by atoms with Crippen molar-refractivity contribution in [2.24, 2.45) is 0 Å². The lowest BCUT2D eigenvalue weighted by molar-refractivity contribution is 0.424. The third kappa shape index (κ3) is 1.50. The average molecular weight is 220 g/mol. The molecule has 2 aromatic heterocycles. The van der Waals surface area contributed by atoms with Crippen LogP contribution in [-0.2, 0) is 6.42 Å². The van der Waals surface area contributed by atoms with Crippen LogP contribution in [0.5, 0.6) is 0 Å². The highest BCUT2D eigenvalue weighted by Crippen LogP contribution is 2.31. The Morgan fingerprint density at radius 2 is 2.53 bits per heavy atom. The molecule has 1 N–H and O–H groups in total. The zero-order valence-electron chi connectivity index (χ0n) is 8.49. The van der Waals surface area contributed by atoms with Crippen molar-refractivity contribution in [2.75, 3.05) is 6.54 Å². The number of fused-ring (bicyclic) bond motifs is 1. The minimum Gasteiger partial charge on any atom is -0.467 e. The van der Waals surface area contributed by atoms with Crippen LogP contribution in [0.25, 0.3) is 0 Å². The first-order valence-corrected chi connectivity index (χ1v) is 5.88. The van der Waals surface area contributed by atoms with Crippen LogP contribution in [-0.4, -0.2) is 11.5 Å². The molecular weight excluding hydrogens is 208 g/mol. The highest BCUT2D eigenvalue weighted by Gasteiger charge is 2.26. The summed E-state index contributed by atoms with van der Waals surface area (Å²) in [5, 5.41) is 4.55. The van der Waals surface area contributed by atoms with Gasteiger partial charge in [0, 0.05) is 17.6 Å². The molecule has 0 bridgehead atoms. The molecule has 1 atom stereocenters. The highest BCUT2D eigenvalue weighted by atomic mass is 32.1. The Balaban J connectivity index is 2.02. The molecule has 78 valence electrons. The van der Waals surface area contributed by atoms with E-state index in [9.17, 15) is 0 Å². The van der Waals surface area contributed by atoms with Crippen LogP contribution in [0.4, 0.5) is 0 Å². The maximum Gasteiger partial charge on any atom is 0.130 e. The number of nitrogens with zero attached hydrogens (tertiary/aromatic N) is 1. The van der Waals surface area contributed by atoms with E-state index in [1.807, 2.05) is 6.20 Å². The van der Waals surface area contributed by atoms with Gasteiger partial charge in [-0.3, -0.25) is 0 Å². The van der Waals surface area contributed by atoms with Crippen molar-refractivity contribution in [3.05, 3.63) is 39.7 Å². The van der Waals surface area contributed by atoms with E-state index in [-0.39, 0.29) is 6.04 Å². The van der Waals surface area contributed by atoms with Crippen LogP contribution < -0.4 is 5.32 Å². The topological polar surface area (TPSA) is 38.1 Å². The molecule has 0 radical (unpaired) electrons. The summed E-state index contributed by atoms with van der Waals surface area (Å²) in [6.45, 7) is 3.07. The fourth-order valence-electron chi connectivity index (χ4n) is 1.96. The summed E-state index contributed by atoms with van der Waals surface area (Å²) in [5.74, 6) is 1.04. The van der Waals surface area contributed by atoms with Crippen LogP contribution >= 0.6 is 11.3 Å². The minimum absolute atomic E-state index is 0.155. The van der Waals surface area contributed by atoms with E-state index >= 15 is 0 Å². The van der Waals surface area contributed by atoms with Crippen molar-refractivity contribution in [1.82, 2.24) is 10.3 Å². The van der Waals surface area contributed by atoms with E-state index in [4.69, 9.17) is 4.42 Å². The van der Waals surface area contributed by atoms with Gasteiger partial charge in [0.05, 0.1) is 6.26 Å². The molecule has 4 heteroatoms. The van der Waals surface area contributed by atoms with E-state index in [0.29, 0.717) is 0 Å². The van der Waals surface area contributed by atoms with Crippen LogP contribution in [0.2, 0.25) is 0 Å². The van der Waals surface area contributed by atoms with Gasteiger partial charge in [-0.15, -0.1) is 11.3 Å². The largest absolute Gasteiger partial charge is 0.467 e. The van der Waals surface area contributed by atoms with Crippen LogP contribution in [0.15, 0.2) is 22.9 Å². The quantitative estimate of drug-likeness (QED) is 0.801. The second-order valence-electron chi connectivity index (χ2n) is 3.76. The minimum atomic E-state index is 0.155. The van der Waals surface area contributed by atoms with Gasteiger partial charge in [0.25, 0.3) is 0 Å². The van der Waals surface area contributed by atoms with E-state index < -0.39 is 0 Å². The SMILES string of the molecule is Cc1cnc(C2NCCc3ccoc32)s1. The molecule has 1 unspecified atom stereocenters. The number of rotatable bonds is 1. The third-order valence-electron chi connectivity index (χ3n) is 2.67. The lowest BCUT2D eigenvalue weighted by Crippen LogP contribution is -2.29. The summed E-state index contributed by atoms with van der Waals surface area (Å²) in [6, 6.07) is 2.21. The third-order valence-corrected chi connectivity index (χ3v) is 3.65. The number of furan rings is 1. The van der Waals surface area contributed by atoms with Gasteiger partial charge in [-0.1, -0.05) is 0 Å². The molecule has 3 nitrogen and oxygen atoms in total. The smallest absolute Gasteiger partial charge is 0.130 e. The molecule has 3 heterocycles. The zero-order chi connectivity index (χ0) is 10.3. The molecule has 1 aliphatic heterocycles. The van der Waals surface area contributed by atoms with Crippen LogP contribution in [0, 0.1) is 6.92 Å². The second-order valence-corrected chi connectivity index (χ2v) is 5.02. The maximum absolute atomic E-state index is 5.54. The molecule has 2 aromatic rings. The molecular formula is C11H12N2OS. The van der Waals surface area contributed by atoms with Gasteiger partial charge in [0.15, 0.2) is 0 Å². The Bertz CT molecular complexity index is 474. The van der Waals surface area contributed by atoms with Gasteiger partial charge in [0.1, 0.15) is 16.8 Å². The van der Waals surface area contributed by atoms with Crippen molar-refractivity contribution < 1.29 is 4.42 Å². The van der Waals surface area contributed by atoms with Gasteiger partial charge in [0.2, 0.25) is 0 Å². The normalized spacial score (nSPS) is 20.2. The summed E-state index contributed by atoms with van der Waals surface area (Å²) in [7, 11) is 0. The Morgan fingerprint density at radius 1 is 1.60 bits per heavy atom. The van der Waals surface area contributed by atoms with Crippen molar-refractivity contribution in [1.29, 1.82) is 0 Å². The van der Waals surface area contributed by atoms with Crippen molar-refractivity contribution in [3.8, 4) is 0 Å². The van der Waals surface area contributed by atoms with Gasteiger partial charge in [-0.25, -0.2) is 4.98 Å². The van der Waals surface area contributed by atoms with Crippen LogP contribution in [0.3, 0.4) is 0 Å². The Kier molecular flexibility index (Phi) is 2.11. The van der Waals surface area contributed by atoms with E-state index in [1.165, 1.54) is 10.4 Å². The number of thiazole rings is 1. The van der Waals surface area contributed by atoms with Gasteiger partial charge < -0.3 is 9.73 Å². The molecule has 0 saturated carbocycles. The number of nitrogens with one attached hydrogen (secondary N) is 1. The van der Waals surface area contributed by atoms with E-state index in [1.54, 1.807) is 17.6 Å². The Morgan fingerprint density at radius 3 is 3.33 bits per heavy atom. The predicted octanol–water partition coefficient (Wildman–Crippen LogP) is 2.28. The molecule has 15 heavy (non-hydrogen) atoms. The first-order chi connectivity index (χ1) is 7.34. The lowest BCUT2D eigenvalue weighted by Gasteiger charge is -2.20. The monoisotopic (exact) mass is 220 g/mol. The number of aromatic nitrogens is 1. The Labute approximate surface area is 92.1 Å². The summed E-state index contributed by atoms with van der Waals surface area (Å²) in [4.78, 5) is 5.66. The van der Waals surface area contributed by atoms with Gasteiger partial charge >= 0.3 is 0 Å². The summed E-state index contributed by atoms with van der Waals surface area (Å²) in [6.07, 6.45) is 4.73. The summed E-state index contributed by atoms with van der Waals surface area (Å²) >= 11 is 1.73. The van der Waals surface area contributed by atoms with E-state index in [2.05, 4.69) is 23.3 Å². The molecule has 3 rings (SSSR count). The second kappa shape index (κ2) is 3.47. The predicted molar refractivity (Wildman–Crippen MR) is 59.1 cm³/mol. The van der Waals surface area contributed by atoms with Crippen molar-refractivity contribution >= 4 is 11.3 Å². The standard InChI is InChI=1S/C11H12N2OS/c1-7-6-13-11(15-7)9-10-8(2-4-12-9)3-5-14-10/h3,5-6,9,12H,2,4H2,1H3. The Hall–Kier alpha value is -1.13. The molecule has 1 aliphatic rings. The summed E-state index contributed by atoms with van der Waals surface area (Å²) in [5.41, 5.74) is 1.31. The van der Waals surface area contributed by atoms with Gasteiger partial charge in [-0.05, 0) is 25.0 Å². The highest BCUT2D eigenvalue weighted by molar-refractivity contribution is 7.11. The summed E-state index contributed by atoms with van der Waals surface area (Å²) < 4.78 is 5.54. The molecule has 0 saturated heterocycles. The van der Waals surface area contributed by atoms with Crippen LogP contribution in [0.1, 0.15) is 27.3 Å². The van der Waals surface area contributed by atoms with E-state index in [0.717, 1.165) is 23.7 Å². The fraction of sp³-hybridized carbons (Fsp3) is 0.364. The van der Waals surface area contributed by atoms with Crippen molar-refractivity contribution in [3.63, 3.8) is 0 Å². The number of aryl methyl sites for hydroxylation is 1. The zero-order valence-corrected chi connectivity index (χ0v) is 9.30. The van der Waals surface area contributed by atoms with Crippen molar-refractivity contribution in [2.45, 2.75) is 19.4 Å². The molecule has 0 amide bonds. The molecule has 0 fully saturated rings.